The van der Waals surface area contributed by atoms with Crippen LogP contribution in [0.5, 0.6) is 0 Å². The Hall–Kier alpha value is -0.940. The average molecular weight is 241 g/mol. The van der Waals surface area contributed by atoms with Gasteiger partial charge in [-0.3, -0.25) is 4.79 Å². The van der Waals surface area contributed by atoms with Crippen LogP contribution in [0.25, 0.3) is 0 Å². The summed E-state index contributed by atoms with van der Waals surface area (Å²) in [6, 6.07) is 0.867. The minimum absolute atomic E-state index is 0.208. The fourth-order valence-electron chi connectivity index (χ4n) is 0.858. The van der Waals surface area contributed by atoms with E-state index in [0.717, 1.165) is 6.07 Å². The van der Waals surface area contributed by atoms with Crippen molar-refractivity contribution < 1.29 is 13.6 Å². The van der Waals surface area contributed by atoms with Gasteiger partial charge in [-0.1, -0.05) is 11.6 Å². The van der Waals surface area contributed by atoms with Crippen LogP contribution in [0.3, 0.4) is 0 Å². The number of aromatic nitrogens is 1. The van der Waals surface area contributed by atoms with E-state index >= 15 is 0 Å². The fourth-order valence-corrected chi connectivity index (χ4v) is 1.40. The summed E-state index contributed by atoms with van der Waals surface area (Å²) >= 11 is 10.6. The zero-order valence-corrected chi connectivity index (χ0v) is 8.11. The molecule has 1 aromatic rings. The quantitative estimate of drug-likeness (QED) is 0.639. The van der Waals surface area contributed by atoms with E-state index in [1.807, 2.05) is 0 Å². The number of halogens is 4. The molecule has 0 spiro atoms. The number of pyridine rings is 1. The number of hydrogen-bond donors (Lipinski definition) is 1. The molecule has 0 saturated carbocycles. The fraction of sp³-hybridized carbons (Fsp3) is 0.143. The second kappa shape index (κ2) is 4.06. The van der Waals surface area contributed by atoms with Gasteiger partial charge in [0.25, 0.3) is 11.7 Å². The maximum atomic E-state index is 12.2. The first-order valence-corrected chi connectivity index (χ1v) is 4.13. The van der Waals surface area contributed by atoms with Crippen molar-refractivity contribution in [3.8, 4) is 0 Å². The summed E-state index contributed by atoms with van der Waals surface area (Å²) in [5.41, 5.74) is 4.25. The Bertz CT molecular complexity index is 361. The van der Waals surface area contributed by atoms with Crippen LogP contribution in [0.1, 0.15) is 22.5 Å². The molecule has 0 radical (unpaired) electrons. The van der Waals surface area contributed by atoms with Gasteiger partial charge in [0.05, 0.1) is 5.56 Å². The Morgan fingerprint density at radius 2 is 2.14 bits per heavy atom. The van der Waals surface area contributed by atoms with Gasteiger partial charge in [-0.25, -0.2) is 13.8 Å². The molecule has 0 amide bonds. The van der Waals surface area contributed by atoms with Crippen LogP contribution < -0.4 is 5.73 Å². The number of anilines is 1. The van der Waals surface area contributed by atoms with Gasteiger partial charge < -0.3 is 5.73 Å². The first-order chi connectivity index (χ1) is 6.43. The zero-order valence-electron chi connectivity index (χ0n) is 6.60. The minimum Gasteiger partial charge on any atom is -0.398 e. The summed E-state index contributed by atoms with van der Waals surface area (Å²) < 4.78 is 24.3. The normalized spacial score (nSPS) is 10.6. The van der Waals surface area contributed by atoms with E-state index in [1.165, 1.54) is 0 Å². The lowest BCUT2D eigenvalue weighted by molar-refractivity contribution is 0.108. The molecule has 3 nitrogen and oxygen atoms in total. The summed E-state index contributed by atoms with van der Waals surface area (Å²) in [7, 11) is 0. The molecular formula is C7H4Cl2F2N2O. The van der Waals surface area contributed by atoms with E-state index in [4.69, 9.17) is 28.9 Å². The van der Waals surface area contributed by atoms with Gasteiger partial charge in [-0.05, 0) is 17.7 Å². The van der Waals surface area contributed by atoms with Crippen LogP contribution in [0.2, 0.25) is 5.15 Å². The molecule has 1 heterocycles. The van der Waals surface area contributed by atoms with Crippen molar-refractivity contribution in [2.24, 2.45) is 0 Å². The third-order valence-corrected chi connectivity index (χ3v) is 1.91. The van der Waals surface area contributed by atoms with E-state index in [9.17, 15) is 13.6 Å². The van der Waals surface area contributed by atoms with E-state index in [-0.39, 0.29) is 11.3 Å². The van der Waals surface area contributed by atoms with Gasteiger partial charge in [-0.2, -0.15) is 0 Å². The molecule has 0 fully saturated rings. The number of nitrogen functional groups attached to an aromatic ring is 1. The number of alkyl halides is 2. The Morgan fingerprint density at radius 3 is 2.50 bits per heavy atom. The van der Waals surface area contributed by atoms with Crippen LogP contribution in [-0.4, -0.2) is 10.2 Å². The van der Waals surface area contributed by atoms with Gasteiger partial charge >= 0.3 is 0 Å². The highest BCUT2D eigenvalue weighted by Gasteiger charge is 2.18. The number of rotatable bonds is 2. The number of nitrogens with two attached hydrogens (primary N) is 1. The van der Waals surface area contributed by atoms with Crippen molar-refractivity contribution in [3.63, 3.8) is 0 Å². The smallest absolute Gasteiger partial charge is 0.280 e. The first kappa shape index (κ1) is 11.1. The van der Waals surface area contributed by atoms with Crippen LogP contribution in [-0.2, 0) is 0 Å². The Kier molecular flexibility index (Phi) is 3.23. The third kappa shape index (κ3) is 2.10. The van der Waals surface area contributed by atoms with Crippen molar-refractivity contribution in [2.45, 2.75) is 6.43 Å². The molecule has 2 N–H and O–H groups in total. The van der Waals surface area contributed by atoms with E-state index in [1.54, 1.807) is 0 Å². The number of carbonyl (C=O) groups excluding carboxylic acids is 1. The second-order valence-corrected chi connectivity index (χ2v) is 3.08. The average Bonchev–Trinajstić information content (AvgIpc) is 2.01. The highest BCUT2D eigenvalue weighted by atomic mass is 35.5. The van der Waals surface area contributed by atoms with Gasteiger partial charge in [0.2, 0.25) is 0 Å². The monoisotopic (exact) mass is 240 g/mol. The Labute approximate surface area is 87.8 Å². The van der Waals surface area contributed by atoms with Gasteiger partial charge in [-0.15, -0.1) is 0 Å². The molecule has 7 heteroatoms. The standard InChI is InChI=1S/C7H4Cl2F2N2O/c8-5-4(6(9)14)2(12)1-3(13-5)7(10)11/h1,7H,(H2,12,13). The lowest BCUT2D eigenvalue weighted by Gasteiger charge is -2.05. The third-order valence-electron chi connectivity index (χ3n) is 1.45. The van der Waals surface area contributed by atoms with Crippen molar-refractivity contribution in [1.82, 2.24) is 4.98 Å². The first-order valence-electron chi connectivity index (χ1n) is 3.37. The molecule has 0 aromatic carbocycles. The molecule has 1 rings (SSSR count). The summed E-state index contributed by atoms with van der Waals surface area (Å²) in [5, 5.41) is -1.35. The molecule has 14 heavy (non-hydrogen) atoms. The lowest BCUT2D eigenvalue weighted by Crippen LogP contribution is -2.03. The van der Waals surface area contributed by atoms with Crippen molar-refractivity contribution in [2.75, 3.05) is 5.73 Å². The summed E-state index contributed by atoms with van der Waals surface area (Å²) in [6.45, 7) is 0. The predicted octanol–water partition coefficient (Wildman–Crippen LogP) is 2.63. The van der Waals surface area contributed by atoms with E-state index < -0.39 is 22.5 Å². The largest absolute Gasteiger partial charge is 0.398 e. The van der Waals surface area contributed by atoms with E-state index in [0.29, 0.717) is 0 Å². The van der Waals surface area contributed by atoms with Crippen molar-refractivity contribution in [3.05, 3.63) is 22.5 Å². The maximum absolute atomic E-state index is 12.2. The van der Waals surface area contributed by atoms with Crippen LogP contribution >= 0.6 is 23.2 Å². The molecule has 0 bridgehead atoms. The maximum Gasteiger partial charge on any atom is 0.280 e. The Morgan fingerprint density at radius 1 is 1.57 bits per heavy atom. The van der Waals surface area contributed by atoms with Crippen LogP contribution in [0.4, 0.5) is 14.5 Å². The second-order valence-electron chi connectivity index (χ2n) is 2.38. The predicted molar refractivity (Wildman–Crippen MR) is 48.8 cm³/mol. The molecular weight excluding hydrogens is 237 g/mol. The van der Waals surface area contributed by atoms with Gasteiger partial charge in [0.15, 0.2) is 0 Å². The van der Waals surface area contributed by atoms with Gasteiger partial charge in [0, 0.05) is 5.69 Å². The Balaban J connectivity index is 3.32. The molecule has 0 saturated heterocycles. The number of hydrogen-bond acceptors (Lipinski definition) is 3. The van der Waals surface area contributed by atoms with Gasteiger partial charge in [0.1, 0.15) is 10.8 Å². The summed E-state index contributed by atoms with van der Waals surface area (Å²) in [4.78, 5) is 14.0. The molecule has 0 atom stereocenters. The molecule has 76 valence electrons. The SMILES string of the molecule is Nc1cc(C(F)F)nc(Cl)c1C(=O)Cl. The van der Waals surface area contributed by atoms with Crippen LogP contribution in [0, 0.1) is 0 Å². The number of nitrogens with zero attached hydrogens (tertiary/aromatic N) is 1. The molecule has 0 unspecified atom stereocenters. The highest BCUT2D eigenvalue weighted by molar-refractivity contribution is 6.69. The van der Waals surface area contributed by atoms with Crippen LogP contribution in [0.15, 0.2) is 6.07 Å². The number of carbonyl (C=O) groups is 1. The minimum atomic E-state index is -2.80. The summed E-state index contributed by atoms with van der Waals surface area (Å²) in [5.74, 6) is 0. The molecule has 1 aromatic heterocycles. The summed E-state index contributed by atoms with van der Waals surface area (Å²) in [6.07, 6.45) is -2.80. The van der Waals surface area contributed by atoms with Crippen molar-refractivity contribution in [1.29, 1.82) is 0 Å². The van der Waals surface area contributed by atoms with Crippen molar-refractivity contribution >= 4 is 34.1 Å². The lowest BCUT2D eigenvalue weighted by atomic mass is 10.2. The zero-order chi connectivity index (χ0) is 10.9. The van der Waals surface area contributed by atoms with E-state index in [2.05, 4.69) is 4.98 Å². The highest BCUT2D eigenvalue weighted by Crippen LogP contribution is 2.27. The molecule has 0 aliphatic rings. The molecule has 0 aliphatic carbocycles. The molecule has 0 aliphatic heterocycles. The topological polar surface area (TPSA) is 56.0 Å².